The van der Waals surface area contributed by atoms with E-state index in [2.05, 4.69) is 43.4 Å². The van der Waals surface area contributed by atoms with E-state index in [1.165, 1.54) is 5.56 Å². The Hall–Kier alpha value is -3.35. The highest BCUT2D eigenvalue weighted by Gasteiger charge is 2.40. The van der Waals surface area contributed by atoms with Gasteiger partial charge in [0.05, 0.1) is 30.3 Å². The van der Waals surface area contributed by atoms with E-state index < -0.39 is 17.9 Å². The topological polar surface area (TPSA) is 90.7 Å². The van der Waals surface area contributed by atoms with Crippen LogP contribution in [0.2, 0.25) is 0 Å². The first-order valence-electron chi connectivity index (χ1n) is 11.2. The van der Waals surface area contributed by atoms with Crippen LogP contribution in [0.1, 0.15) is 65.7 Å². The van der Waals surface area contributed by atoms with Crippen LogP contribution in [-0.4, -0.2) is 30.3 Å². The predicted molar refractivity (Wildman–Crippen MR) is 125 cm³/mol. The molecule has 0 amide bonds. The summed E-state index contributed by atoms with van der Waals surface area (Å²) in [6.45, 7) is 13.9. The van der Waals surface area contributed by atoms with Crippen molar-refractivity contribution in [1.29, 1.82) is 0 Å². The van der Waals surface area contributed by atoms with Crippen LogP contribution in [-0.2, 0) is 24.5 Å². The summed E-state index contributed by atoms with van der Waals surface area (Å²) in [6.07, 6.45) is 0. The largest absolute Gasteiger partial charge is 0.463 e. The molecule has 1 aromatic heterocycles. The van der Waals surface area contributed by atoms with E-state index in [0.717, 1.165) is 5.56 Å². The maximum absolute atomic E-state index is 12.9. The third kappa shape index (κ3) is 5.02. The Kier molecular flexibility index (Phi) is 7.10. The van der Waals surface area contributed by atoms with Gasteiger partial charge in [0.15, 0.2) is 0 Å². The molecule has 0 fully saturated rings. The molecule has 1 aliphatic heterocycles. The normalized spacial score (nSPS) is 14.9. The fraction of sp³-hybridized carbons (Fsp3) is 0.423. The Morgan fingerprint density at radius 3 is 1.94 bits per heavy atom. The number of esters is 2. The number of nitrogens with zero attached hydrogens (tertiary/aromatic N) is 1. The lowest BCUT2D eigenvalue weighted by Crippen LogP contribution is -2.32. The number of hydrogen-bond acceptors (Lipinski definition) is 7. The number of hydrogen-bond donors (Lipinski definition) is 1. The van der Waals surface area contributed by atoms with Crippen molar-refractivity contribution in [3.8, 4) is 11.3 Å². The second-order valence-corrected chi connectivity index (χ2v) is 9.02. The summed E-state index contributed by atoms with van der Waals surface area (Å²) in [4.78, 5) is 25.8. The zero-order chi connectivity index (χ0) is 24.3. The highest BCUT2D eigenvalue weighted by molar-refractivity contribution is 5.99. The van der Waals surface area contributed by atoms with Crippen LogP contribution in [0.4, 0.5) is 0 Å². The molecule has 7 nitrogen and oxygen atoms in total. The molecule has 7 heteroatoms. The van der Waals surface area contributed by atoms with E-state index in [1.807, 2.05) is 12.1 Å². The van der Waals surface area contributed by atoms with Gasteiger partial charge in [-0.15, -0.1) is 0 Å². The molecule has 33 heavy (non-hydrogen) atoms. The molecule has 0 spiro atoms. The molecule has 1 N–H and O–H groups in total. The van der Waals surface area contributed by atoms with Crippen LogP contribution in [0.3, 0.4) is 0 Å². The minimum absolute atomic E-state index is 0.0380. The van der Waals surface area contributed by atoms with Gasteiger partial charge in [0.2, 0.25) is 0 Å². The molecular formula is C26H32N2O5. The lowest BCUT2D eigenvalue weighted by Gasteiger charge is -2.28. The highest BCUT2D eigenvalue weighted by Crippen LogP contribution is 2.40. The van der Waals surface area contributed by atoms with Crippen LogP contribution in [0, 0.1) is 0 Å². The number of carbonyl (C=O) groups is 2. The molecule has 0 bridgehead atoms. The summed E-state index contributed by atoms with van der Waals surface area (Å²) >= 11 is 0. The van der Waals surface area contributed by atoms with E-state index in [4.69, 9.17) is 14.0 Å². The van der Waals surface area contributed by atoms with Crippen molar-refractivity contribution in [1.82, 2.24) is 10.5 Å². The van der Waals surface area contributed by atoms with Crippen molar-refractivity contribution >= 4 is 11.9 Å². The average molecular weight is 453 g/mol. The molecule has 0 saturated heterocycles. The summed E-state index contributed by atoms with van der Waals surface area (Å²) in [5.74, 6) is -1.46. The maximum atomic E-state index is 12.9. The third-order valence-corrected chi connectivity index (χ3v) is 5.61. The summed E-state index contributed by atoms with van der Waals surface area (Å²) < 4.78 is 16.3. The molecule has 0 atom stereocenters. The monoisotopic (exact) mass is 452 g/mol. The molecule has 0 aliphatic carbocycles. The fourth-order valence-corrected chi connectivity index (χ4v) is 3.94. The van der Waals surface area contributed by atoms with Gasteiger partial charge in [0, 0.05) is 23.0 Å². The molecule has 3 rings (SSSR count). The standard InChI is InChI=1S/C26H32N2O5/c1-8-31-24(29)21-15(3)27-16(4)22(25(30)32-9-2)23(21)20-14-19(28-33-20)17-10-12-18(13-11-17)26(5,6)7/h10-14,23,27H,8-9H2,1-7H3. The zero-order valence-corrected chi connectivity index (χ0v) is 20.4. The van der Waals surface area contributed by atoms with Gasteiger partial charge in [-0.2, -0.15) is 0 Å². The molecule has 0 saturated carbocycles. The Morgan fingerprint density at radius 1 is 0.970 bits per heavy atom. The van der Waals surface area contributed by atoms with Gasteiger partial charge < -0.3 is 19.3 Å². The Bertz CT molecular complexity index is 1060. The Morgan fingerprint density at radius 2 is 1.48 bits per heavy atom. The molecule has 2 aromatic rings. The summed E-state index contributed by atoms with van der Waals surface area (Å²) in [5, 5.41) is 7.35. The number of rotatable bonds is 6. The van der Waals surface area contributed by atoms with Crippen LogP contribution in [0.5, 0.6) is 0 Å². The van der Waals surface area contributed by atoms with E-state index >= 15 is 0 Å². The van der Waals surface area contributed by atoms with Crippen LogP contribution >= 0.6 is 0 Å². The van der Waals surface area contributed by atoms with Gasteiger partial charge in [-0.25, -0.2) is 9.59 Å². The van der Waals surface area contributed by atoms with Gasteiger partial charge >= 0.3 is 11.9 Å². The van der Waals surface area contributed by atoms with E-state index in [-0.39, 0.29) is 18.6 Å². The number of carbonyl (C=O) groups excluding carboxylic acids is 2. The second-order valence-electron chi connectivity index (χ2n) is 9.02. The Balaban J connectivity index is 2.07. The van der Waals surface area contributed by atoms with Crippen LogP contribution in [0.25, 0.3) is 11.3 Å². The zero-order valence-electron chi connectivity index (χ0n) is 20.4. The van der Waals surface area contributed by atoms with Crippen molar-refractivity contribution in [2.45, 2.75) is 59.8 Å². The first kappa shape index (κ1) is 24.3. The van der Waals surface area contributed by atoms with Crippen LogP contribution in [0.15, 0.2) is 57.4 Å². The minimum Gasteiger partial charge on any atom is -0.463 e. The lowest BCUT2D eigenvalue weighted by molar-refractivity contribution is -0.139. The highest BCUT2D eigenvalue weighted by atomic mass is 16.5. The van der Waals surface area contributed by atoms with Crippen molar-refractivity contribution in [2.24, 2.45) is 0 Å². The van der Waals surface area contributed by atoms with E-state index in [1.54, 1.807) is 33.8 Å². The van der Waals surface area contributed by atoms with Crippen molar-refractivity contribution < 1.29 is 23.6 Å². The predicted octanol–water partition coefficient (Wildman–Crippen LogP) is 5.00. The molecule has 1 aliphatic rings. The molecule has 176 valence electrons. The van der Waals surface area contributed by atoms with Gasteiger partial charge in [-0.3, -0.25) is 0 Å². The van der Waals surface area contributed by atoms with Gasteiger partial charge in [0.25, 0.3) is 0 Å². The third-order valence-electron chi connectivity index (χ3n) is 5.61. The van der Waals surface area contributed by atoms with Gasteiger partial charge in [0.1, 0.15) is 11.5 Å². The Labute approximate surface area is 194 Å². The number of dihydropyridines is 1. The fourth-order valence-electron chi connectivity index (χ4n) is 3.94. The molecule has 0 radical (unpaired) electrons. The molecule has 2 heterocycles. The first-order chi connectivity index (χ1) is 15.6. The van der Waals surface area contributed by atoms with E-state index in [9.17, 15) is 9.59 Å². The van der Waals surface area contributed by atoms with Crippen molar-refractivity contribution in [3.05, 3.63) is 64.2 Å². The number of benzene rings is 1. The van der Waals surface area contributed by atoms with E-state index in [0.29, 0.717) is 34.0 Å². The summed E-state index contributed by atoms with van der Waals surface area (Å²) in [5.41, 5.74) is 4.53. The van der Waals surface area contributed by atoms with Crippen molar-refractivity contribution in [2.75, 3.05) is 13.2 Å². The number of aromatic nitrogens is 1. The summed E-state index contributed by atoms with van der Waals surface area (Å²) in [6, 6.07) is 9.88. The molecular weight excluding hydrogens is 420 g/mol. The van der Waals surface area contributed by atoms with Gasteiger partial charge in [-0.05, 0) is 38.7 Å². The smallest absolute Gasteiger partial charge is 0.336 e. The van der Waals surface area contributed by atoms with Crippen molar-refractivity contribution in [3.63, 3.8) is 0 Å². The second kappa shape index (κ2) is 9.65. The number of nitrogens with one attached hydrogen (secondary N) is 1. The number of allylic oxidation sites excluding steroid dienone is 2. The number of ether oxygens (including phenoxy) is 2. The van der Waals surface area contributed by atoms with Gasteiger partial charge in [-0.1, -0.05) is 50.2 Å². The molecule has 0 unspecified atom stereocenters. The SMILES string of the molecule is CCOC(=O)C1=C(C)NC(C)=C(C(=O)OCC)C1c1cc(-c2ccc(C(C)(C)C)cc2)no1. The summed E-state index contributed by atoms with van der Waals surface area (Å²) in [7, 11) is 0. The molecule has 1 aromatic carbocycles. The lowest BCUT2D eigenvalue weighted by atomic mass is 9.83. The maximum Gasteiger partial charge on any atom is 0.336 e. The minimum atomic E-state index is -0.792. The average Bonchev–Trinajstić information content (AvgIpc) is 3.23. The van der Waals surface area contributed by atoms with Crippen LogP contribution < -0.4 is 5.32 Å². The quantitative estimate of drug-likeness (QED) is 0.617. The first-order valence-corrected chi connectivity index (χ1v) is 11.2.